The molecule has 6 aromatic carbocycles. The Balaban J connectivity index is 1.22. The van der Waals surface area contributed by atoms with Gasteiger partial charge in [0.1, 0.15) is 24.0 Å². The van der Waals surface area contributed by atoms with E-state index >= 15 is 0 Å². The summed E-state index contributed by atoms with van der Waals surface area (Å²) in [5, 5.41) is 3.31. The molecule has 0 heterocycles. The van der Waals surface area contributed by atoms with Crippen molar-refractivity contribution in [3.8, 4) is 16.9 Å². The van der Waals surface area contributed by atoms with Crippen LogP contribution in [-0.2, 0) is 26.3 Å². The maximum Gasteiger partial charge on any atom is 0.407 e. The maximum absolute atomic E-state index is 14.8. The Hall–Kier alpha value is -5.85. The largest absolute Gasteiger partial charge is 0.488 e. The molecule has 0 spiro atoms. The van der Waals surface area contributed by atoms with E-state index in [-0.39, 0.29) is 24.5 Å². The Morgan fingerprint density at radius 1 is 0.667 bits per heavy atom. The van der Waals surface area contributed by atoms with Crippen LogP contribution in [0.25, 0.3) is 11.1 Å². The molecule has 0 aliphatic heterocycles. The standard InChI is InChI=1S/C47H42ClNO5/c1-46(2,3)53-35-28-26-32(27-29-35)30-43(49-45(51)52-31-40-38-22-12-10-20-36(38)37-21-11-13-23-39(37)40)44(50)54-47(33-16-6-4-7-17-33,34-18-8-5-9-19-34)41-24-14-15-25-42(41)48/h4-29,40,43H,30-31H2,1-3H3,(H,49,51)/t43-/m0/s1. The molecular weight excluding hydrogens is 694 g/mol. The van der Waals surface area contributed by atoms with E-state index in [0.717, 1.165) is 27.8 Å². The third-order valence-corrected chi connectivity index (χ3v) is 9.90. The Labute approximate surface area is 321 Å². The van der Waals surface area contributed by atoms with Crippen LogP contribution >= 0.6 is 11.6 Å². The molecule has 1 amide bonds. The molecular formula is C47H42ClNO5. The SMILES string of the molecule is CC(C)(C)Oc1ccc(C[C@H](NC(=O)OCC2c3ccccc3-c3ccccc32)C(=O)OC(c2ccccc2)(c2ccccc2)c2ccccc2Cl)cc1. The summed E-state index contributed by atoms with van der Waals surface area (Å²) in [6.07, 6.45) is -0.602. The lowest BCUT2D eigenvalue weighted by Crippen LogP contribution is -2.47. The molecule has 272 valence electrons. The number of rotatable bonds is 11. The Kier molecular flexibility index (Phi) is 10.6. The van der Waals surface area contributed by atoms with Crippen molar-refractivity contribution in [3.05, 3.63) is 196 Å². The van der Waals surface area contributed by atoms with Crippen molar-refractivity contribution in [1.82, 2.24) is 5.32 Å². The number of hydrogen-bond donors (Lipinski definition) is 1. The minimum Gasteiger partial charge on any atom is -0.488 e. The molecule has 7 rings (SSSR count). The molecule has 1 atom stereocenters. The summed E-state index contributed by atoms with van der Waals surface area (Å²) in [7, 11) is 0. The first-order valence-electron chi connectivity index (χ1n) is 18.1. The van der Waals surface area contributed by atoms with Gasteiger partial charge < -0.3 is 19.5 Å². The van der Waals surface area contributed by atoms with E-state index in [2.05, 4.69) is 29.6 Å². The van der Waals surface area contributed by atoms with Crippen molar-refractivity contribution in [2.45, 2.75) is 50.4 Å². The fourth-order valence-electron chi connectivity index (χ4n) is 7.22. The van der Waals surface area contributed by atoms with Crippen LogP contribution in [-0.4, -0.2) is 30.3 Å². The molecule has 0 radical (unpaired) electrons. The zero-order valence-electron chi connectivity index (χ0n) is 30.5. The molecule has 0 aromatic heterocycles. The average molecular weight is 736 g/mol. The van der Waals surface area contributed by atoms with Crippen LogP contribution in [0.5, 0.6) is 5.75 Å². The summed E-state index contributed by atoms with van der Waals surface area (Å²) in [4.78, 5) is 28.6. The molecule has 0 bridgehead atoms. The van der Waals surface area contributed by atoms with Gasteiger partial charge in [-0.1, -0.05) is 151 Å². The van der Waals surface area contributed by atoms with Crippen LogP contribution in [0, 0.1) is 0 Å². The summed E-state index contributed by atoms with van der Waals surface area (Å²) < 4.78 is 18.7. The first-order chi connectivity index (χ1) is 26.1. The second-order valence-electron chi connectivity index (χ2n) is 14.4. The zero-order valence-corrected chi connectivity index (χ0v) is 31.3. The number of ether oxygens (including phenoxy) is 3. The molecule has 0 fully saturated rings. The smallest absolute Gasteiger partial charge is 0.407 e. The minimum absolute atomic E-state index is 0.0953. The minimum atomic E-state index is -1.45. The molecule has 6 nitrogen and oxygen atoms in total. The molecule has 6 aromatic rings. The van der Waals surface area contributed by atoms with E-state index < -0.39 is 23.7 Å². The molecule has 7 heteroatoms. The molecule has 54 heavy (non-hydrogen) atoms. The monoisotopic (exact) mass is 735 g/mol. The Morgan fingerprint density at radius 3 is 1.74 bits per heavy atom. The van der Waals surface area contributed by atoms with Gasteiger partial charge in [0.05, 0.1) is 0 Å². The fourth-order valence-corrected chi connectivity index (χ4v) is 7.49. The topological polar surface area (TPSA) is 73.9 Å². The highest BCUT2D eigenvalue weighted by atomic mass is 35.5. The molecule has 1 aliphatic carbocycles. The van der Waals surface area contributed by atoms with Crippen molar-refractivity contribution < 1.29 is 23.8 Å². The molecule has 1 aliphatic rings. The van der Waals surface area contributed by atoms with Crippen LogP contribution in [0.2, 0.25) is 5.02 Å². The van der Waals surface area contributed by atoms with Crippen molar-refractivity contribution in [3.63, 3.8) is 0 Å². The second kappa shape index (κ2) is 15.6. The second-order valence-corrected chi connectivity index (χ2v) is 14.8. The van der Waals surface area contributed by atoms with Crippen molar-refractivity contribution >= 4 is 23.7 Å². The van der Waals surface area contributed by atoms with Gasteiger partial charge in [-0.05, 0) is 66.8 Å². The molecule has 0 saturated heterocycles. The van der Waals surface area contributed by atoms with Gasteiger partial charge in [0.25, 0.3) is 0 Å². The Bertz CT molecular complexity index is 2150. The number of carbonyl (C=O) groups is 2. The third-order valence-electron chi connectivity index (χ3n) is 9.57. The normalized spacial score (nSPS) is 13.0. The number of benzene rings is 6. The molecule has 0 unspecified atom stereocenters. The number of alkyl carbamates (subject to hydrolysis) is 1. The van der Waals surface area contributed by atoms with E-state index in [9.17, 15) is 9.59 Å². The van der Waals surface area contributed by atoms with Crippen LogP contribution in [0.4, 0.5) is 4.79 Å². The summed E-state index contributed by atoms with van der Waals surface area (Å²) in [5.74, 6) is -0.111. The maximum atomic E-state index is 14.8. The lowest BCUT2D eigenvalue weighted by Gasteiger charge is -2.37. The number of esters is 1. The Morgan fingerprint density at radius 2 is 1.19 bits per heavy atom. The highest BCUT2D eigenvalue weighted by Crippen LogP contribution is 2.45. The van der Waals surface area contributed by atoms with Gasteiger partial charge in [0.2, 0.25) is 0 Å². The van der Waals surface area contributed by atoms with Gasteiger partial charge in [0.15, 0.2) is 5.60 Å². The number of fused-ring (bicyclic) bond motifs is 3. The number of hydrogen-bond acceptors (Lipinski definition) is 5. The lowest BCUT2D eigenvalue weighted by molar-refractivity contribution is -0.156. The van der Waals surface area contributed by atoms with Gasteiger partial charge in [-0.2, -0.15) is 0 Å². The summed E-state index contributed by atoms with van der Waals surface area (Å²) in [6, 6.07) is 49.0. The van der Waals surface area contributed by atoms with E-state index in [4.69, 9.17) is 25.8 Å². The van der Waals surface area contributed by atoms with Gasteiger partial charge in [0, 0.05) is 34.1 Å². The van der Waals surface area contributed by atoms with Crippen LogP contribution in [0.1, 0.15) is 60.1 Å². The number of carbonyl (C=O) groups excluding carboxylic acids is 2. The van der Waals surface area contributed by atoms with Gasteiger partial charge in [-0.15, -0.1) is 0 Å². The highest BCUT2D eigenvalue weighted by molar-refractivity contribution is 6.31. The van der Waals surface area contributed by atoms with Gasteiger partial charge in [-0.3, -0.25) is 0 Å². The zero-order chi connectivity index (χ0) is 37.7. The van der Waals surface area contributed by atoms with Crippen molar-refractivity contribution in [1.29, 1.82) is 0 Å². The number of halogens is 1. The van der Waals surface area contributed by atoms with E-state index in [0.29, 0.717) is 27.5 Å². The quantitative estimate of drug-likeness (QED) is 0.106. The van der Waals surface area contributed by atoms with Crippen LogP contribution < -0.4 is 10.1 Å². The van der Waals surface area contributed by atoms with E-state index in [1.165, 1.54) is 0 Å². The predicted molar refractivity (Wildman–Crippen MR) is 213 cm³/mol. The summed E-state index contributed by atoms with van der Waals surface area (Å²) >= 11 is 6.93. The lowest BCUT2D eigenvalue weighted by atomic mass is 9.80. The summed E-state index contributed by atoms with van der Waals surface area (Å²) in [5.41, 5.74) is 5.37. The number of amides is 1. The molecule has 1 N–H and O–H groups in total. The first kappa shape index (κ1) is 36.5. The van der Waals surface area contributed by atoms with Gasteiger partial charge in [-0.25, -0.2) is 9.59 Å². The summed E-state index contributed by atoms with van der Waals surface area (Å²) in [6.45, 7) is 6.04. The average Bonchev–Trinajstić information content (AvgIpc) is 3.50. The van der Waals surface area contributed by atoms with Crippen LogP contribution in [0.15, 0.2) is 158 Å². The van der Waals surface area contributed by atoms with E-state index in [1.54, 1.807) is 6.07 Å². The fraction of sp³-hybridized carbons (Fsp3) is 0.191. The number of nitrogens with one attached hydrogen (secondary N) is 1. The van der Waals surface area contributed by atoms with Crippen molar-refractivity contribution in [2.75, 3.05) is 6.61 Å². The van der Waals surface area contributed by atoms with Crippen LogP contribution in [0.3, 0.4) is 0 Å². The van der Waals surface area contributed by atoms with Gasteiger partial charge >= 0.3 is 12.1 Å². The highest BCUT2D eigenvalue weighted by Gasteiger charge is 2.44. The molecule has 0 saturated carbocycles. The van der Waals surface area contributed by atoms with E-state index in [1.807, 2.05) is 148 Å². The van der Waals surface area contributed by atoms with Crippen molar-refractivity contribution in [2.24, 2.45) is 0 Å². The predicted octanol–water partition coefficient (Wildman–Crippen LogP) is 10.5. The first-order valence-corrected chi connectivity index (χ1v) is 18.5. The third kappa shape index (κ3) is 7.75.